The first-order chi connectivity index (χ1) is 37.3. The van der Waals surface area contributed by atoms with Crippen LogP contribution in [0.25, 0.3) is 162 Å². The first kappa shape index (κ1) is 45.3. The quantitative estimate of drug-likeness (QED) is 0.0919. The molecule has 16 aromatic rings. The number of halogens is 12. The molecule has 0 aromatic heterocycles. The summed E-state index contributed by atoms with van der Waals surface area (Å²) in [6.07, 6.45) is -21.2. The van der Waals surface area contributed by atoms with Crippen molar-refractivity contribution < 1.29 is 52.7 Å². The lowest BCUT2D eigenvalue weighted by molar-refractivity contribution is -0.144. The minimum Gasteiger partial charge on any atom is -0.166 e. The Morgan fingerprint density at radius 1 is 0.205 bits per heavy atom. The minimum absolute atomic E-state index is 0.0103. The van der Waals surface area contributed by atoms with Gasteiger partial charge in [-0.15, -0.1) is 0 Å². The summed E-state index contributed by atoms with van der Waals surface area (Å²) in [5, 5.41) is 16.2. The first-order valence-corrected chi connectivity index (χ1v) is 24.8. The van der Waals surface area contributed by atoms with E-state index in [0.717, 1.165) is 87.5 Å². The predicted molar refractivity (Wildman–Crippen MR) is 290 cm³/mol. The highest BCUT2D eigenvalue weighted by atomic mass is 19.4. The van der Waals surface area contributed by atoms with E-state index in [9.17, 15) is 26.3 Å². The van der Waals surface area contributed by atoms with Crippen molar-refractivity contribution in [3.63, 3.8) is 0 Å². The van der Waals surface area contributed by atoms with Gasteiger partial charge in [-0.2, -0.15) is 52.7 Å². The second-order valence-corrected chi connectivity index (χ2v) is 20.5. The van der Waals surface area contributed by atoms with Crippen LogP contribution in [0, 0.1) is 0 Å². The number of benzene rings is 14. The summed E-state index contributed by atoms with van der Waals surface area (Å²) in [5.74, 6) is 0. The summed E-state index contributed by atoms with van der Waals surface area (Å²) >= 11 is 0. The summed E-state index contributed by atoms with van der Waals surface area (Å²) in [7, 11) is 0. The van der Waals surface area contributed by atoms with Gasteiger partial charge in [0.25, 0.3) is 0 Å². The van der Waals surface area contributed by atoms with Gasteiger partial charge in [0.1, 0.15) is 0 Å². The second-order valence-electron chi connectivity index (χ2n) is 20.5. The van der Waals surface area contributed by atoms with E-state index in [1.54, 1.807) is 36.4 Å². The first-order valence-electron chi connectivity index (χ1n) is 24.8. The molecule has 0 radical (unpaired) electrons. The lowest BCUT2D eigenvalue weighted by Gasteiger charge is -2.23. The molecule has 0 aliphatic carbocycles. The highest BCUT2D eigenvalue weighted by molar-refractivity contribution is 6.48. The summed E-state index contributed by atoms with van der Waals surface area (Å²) in [5.41, 5.74) is -8.16. The van der Waals surface area contributed by atoms with E-state index in [-0.39, 0.29) is 55.6 Å². The molecule has 0 nitrogen and oxygen atoms in total. The van der Waals surface area contributed by atoms with Gasteiger partial charge < -0.3 is 0 Å². The Bertz CT molecular complexity index is 5000. The summed E-state index contributed by atoms with van der Waals surface area (Å²) in [6.45, 7) is 0. The Balaban J connectivity index is 1.18. The fourth-order valence-electron chi connectivity index (χ4n) is 13.8. The van der Waals surface area contributed by atoms with Gasteiger partial charge in [0, 0.05) is 0 Å². The van der Waals surface area contributed by atoms with Crippen LogP contribution in [0.5, 0.6) is 0 Å². The molecular weight excluding hydrogens is 1020 g/mol. The van der Waals surface area contributed by atoms with Crippen molar-refractivity contribution in [1.29, 1.82) is 0 Å². The van der Waals surface area contributed by atoms with Crippen molar-refractivity contribution in [3.8, 4) is 22.3 Å². The maximum Gasteiger partial charge on any atom is 0.417 e. The van der Waals surface area contributed by atoms with Gasteiger partial charge in [-0.05, 0) is 199 Å². The van der Waals surface area contributed by atoms with E-state index in [2.05, 4.69) is 0 Å². The normalized spacial score (nSPS) is 13.6. The van der Waals surface area contributed by atoms with E-state index in [0.29, 0.717) is 44.5 Å². The lowest BCUT2D eigenvalue weighted by Crippen LogP contribution is -2.13. The van der Waals surface area contributed by atoms with Crippen LogP contribution in [0.2, 0.25) is 0 Å². The summed E-state index contributed by atoms with van der Waals surface area (Å²) in [6, 6.07) is 44.2. The molecule has 12 heteroatoms. The number of alkyl halides is 12. The highest BCUT2D eigenvalue weighted by Crippen LogP contribution is 2.58. The highest BCUT2D eigenvalue weighted by Gasteiger charge is 2.42. The molecule has 0 spiro atoms. The standard InChI is InChI=1S/C66H28F12/c67-63(68,69)31-13-15-43(51(25-31)65(73,74)75)58-49-27-47-41-19-17-37-33-9-1-5-29-6-2-10-34(53(29)33)38-18-20-42(57(41)55(37)38)48(47)28-50(49)59(44-16-14-32(64(70,71)72)26-52(44)66(76,77)78)62-46-24-22-40-36-12-4-8-30-7-3-11-35(54(30)36)39-21-23-45(61(58)62)60(46)56(39)40/h1-28H. The fourth-order valence-corrected chi connectivity index (χ4v) is 13.8. The van der Waals surface area contributed by atoms with E-state index < -0.39 is 58.1 Å². The van der Waals surface area contributed by atoms with Crippen molar-refractivity contribution in [2.75, 3.05) is 0 Å². The van der Waals surface area contributed by atoms with E-state index in [1.807, 2.05) is 97.1 Å². The average Bonchev–Trinajstić information content (AvgIpc) is 3.20. The minimum atomic E-state index is -5.41. The van der Waals surface area contributed by atoms with Gasteiger partial charge in [-0.25, -0.2) is 0 Å². The van der Waals surface area contributed by atoms with Crippen molar-refractivity contribution in [2.45, 2.75) is 24.7 Å². The van der Waals surface area contributed by atoms with Gasteiger partial charge in [0.05, 0.1) is 22.3 Å². The van der Waals surface area contributed by atoms with Crippen molar-refractivity contribution in [3.05, 3.63) is 192 Å². The molecule has 0 unspecified atom stereocenters. The fraction of sp³-hybridized carbons (Fsp3) is 0.0606. The summed E-state index contributed by atoms with van der Waals surface area (Å²) < 4.78 is 183. The third kappa shape index (κ3) is 5.79. The average molecular weight is 1050 g/mol. The molecule has 0 aliphatic heterocycles. The molecule has 0 amide bonds. The van der Waals surface area contributed by atoms with Gasteiger partial charge in [0.15, 0.2) is 0 Å². The molecular formula is C66H28F12. The van der Waals surface area contributed by atoms with E-state index >= 15 is 26.3 Å². The number of hydrogen-bond acceptors (Lipinski definition) is 0. The summed E-state index contributed by atoms with van der Waals surface area (Å²) in [4.78, 5) is 0. The van der Waals surface area contributed by atoms with Crippen LogP contribution in [-0.4, -0.2) is 0 Å². The van der Waals surface area contributed by atoms with Gasteiger partial charge in [-0.1, -0.05) is 133 Å². The number of fused-ring (bicyclic) bond motifs is 11. The van der Waals surface area contributed by atoms with Gasteiger partial charge >= 0.3 is 24.7 Å². The molecule has 0 atom stereocenters. The Morgan fingerprint density at radius 3 is 0.795 bits per heavy atom. The molecule has 16 rings (SSSR count). The Kier molecular flexibility index (Phi) is 8.46. The van der Waals surface area contributed by atoms with Crippen LogP contribution < -0.4 is 0 Å². The predicted octanol–water partition coefficient (Wildman–Crippen LogP) is 21.8. The SMILES string of the molecule is FC(F)(F)c1ccc(-c2c3cc4c(cc3c(-c3ccc(C(F)(F)F)cc3C(F)(F)F)c3c5ccc6c7cccc8cccc(c9ccc(c23)c5c96)c87)c2ccc3c5cccc6cccc(c7ccc4c2c73)c65)c(C(F)(F)F)c1. The maximum absolute atomic E-state index is 15.9. The van der Waals surface area contributed by atoms with Crippen molar-refractivity contribution in [1.82, 2.24) is 0 Å². The molecule has 376 valence electrons. The van der Waals surface area contributed by atoms with Crippen LogP contribution >= 0.6 is 0 Å². The molecule has 0 saturated heterocycles. The zero-order valence-electron chi connectivity index (χ0n) is 39.7. The Labute approximate surface area is 430 Å². The molecule has 0 N–H and O–H groups in total. The Morgan fingerprint density at radius 2 is 0.487 bits per heavy atom. The lowest BCUT2D eigenvalue weighted by atomic mass is 9.82. The van der Waals surface area contributed by atoms with Crippen LogP contribution in [0.1, 0.15) is 22.3 Å². The zero-order chi connectivity index (χ0) is 53.4. The van der Waals surface area contributed by atoms with E-state index in [1.165, 1.54) is 0 Å². The topological polar surface area (TPSA) is 0 Å². The second kappa shape index (κ2) is 14.6. The molecule has 78 heavy (non-hydrogen) atoms. The molecule has 16 aromatic carbocycles. The van der Waals surface area contributed by atoms with Crippen LogP contribution in [-0.2, 0) is 24.7 Å². The molecule has 0 fully saturated rings. The molecule has 0 saturated carbocycles. The third-order valence-corrected chi connectivity index (χ3v) is 16.7. The van der Waals surface area contributed by atoms with Gasteiger partial charge in [0.2, 0.25) is 0 Å². The molecule has 0 aliphatic rings. The largest absolute Gasteiger partial charge is 0.417 e. The molecule has 0 bridgehead atoms. The third-order valence-electron chi connectivity index (χ3n) is 16.7. The zero-order valence-corrected chi connectivity index (χ0v) is 39.7. The van der Waals surface area contributed by atoms with E-state index in [4.69, 9.17) is 0 Å². The monoisotopic (exact) mass is 1050 g/mol. The molecule has 0 heterocycles. The van der Waals surface area contributed by atoms with Crippen molar-refractivity contribution >= 4 is 140 Å². The Hall–Kier alpha value is -8.90. The number of hydrogen-bond donors (Lipinski definition) is 0. The van der Waals surface area contributed by atoms with Crippen LogP contribution in [0.15, 0.2) is 170 Å². The van der Waals surface area contributed by atoms with Crippen molar-refractivity contribution in [2.24, 2.45) is 0 Å². The maximum atomic E-state index is 15.9. The van der Waals surface area contributed by atoms with Gasteiger partial charge in [-0.3, -0.25) is 0 Å². The number of rotatable bonds is 2. The van der Waals surface area contributed by atoms with Crippen LogP contribution in [0.4, 0.5) is 52.7 Å². The smallest absolute Gasteiger partial charge is 0.166 e. The van der Waals surface area contributed by atoms with Crippen LogP contribution in [0.3, 0.4) is 0 Å².